The number of hydrogen-bond donors (Lipinski definition) is 0. The van der Waals surface area contributed by atoms with Gasteiger partial charge in [0.15, 0.2) is 5.82 Å². The molecule has 0 aliphatic carbocycles. The van der Waals surface area contributed by atoms with Gasteiger partial charge in [-0.3, -0.25) is 0 Å². The quantitative estimate of drug-likeness (QED) is 0.185. The molecule has 10 aromatic rings. The van der Waals surface area contributed by atoms with Crippen molar-refractivity contribution in [2.75, 3.05) is 0 Å². The first-order valence-corrected chi connectivity index (χ1v) is 17.7. The minimum absolute atomic E-state index is 0.709. The first-order chi connectivity index (χ1) is 24.8. The van der Waals surface area contributed by atoms with E-state index in [0.29, 0.717) is 5.82 Å². The standard InChI is InChI=1S/C46H29N3S/c1-5-15-30(16-6-1)36-28-41-44(45-43(36)35-23-13-14-24-42(35)50-45)37-27-33(25-26-40(37)49(41)34-21-11-4-12-22-34)46-47-38(31-17-7-2-8-18-31)29-39(48-46)32-19-9-3-10-20-32/h1-29H. The molecule has 0 N–H and O–H groups in total. The highest BCUT2D eigenvalue weighted by molar-refractivity contribution is 7.27. The predicted molar refractivity (Wildman–Crippen MR) is 211 cm³/mol. The predicted octanol–water partition coefficient (Wildman–Crippen LogP) is 12.6. The van der Waals surface area contributed by atoms with Crippen LogP contribution in [0.15, 0.2) is 176 Å². The van der Waals surface area contributed by atoms with Crippen LogP contribution in [0.5, 0.6) is 0 Å². The second-order valence-corrected chi connectivity index (χ2v) is 13.6. The van der Waals surface area contributed by atoms with Gasteiger partial charge >= 0.3 is 0 Å². The molecule has 0 aliphatic heterocycles. The second kappa shape index (κ2) is 11.7. The molecule has 3 nitrogen and oxygen atoms in total. The maximum absolute atomic E-state index is 5.19. The molecule has 3 aromatic heterocycles. The summed E-state index contributed by atoms with van der Waals surface area (Å²) in [5.74, 6) is 0.709. The van der Waals surface area contributed by atoms with Crippen molar-refractivity contribution >= 4 is 53.3 Å². The van der Waals surface area contributed by atoms with Crippen LogP contribution in [-0.4, -0.2) is 14.5 Å². The van der Waals surface area contributed by atoms with Gasteiger partial charge in [-0.2, -0.15) is 0 Å². The van der Waals surface area contributed by atoms with Gasteiger partial charge in [0, 0.05) is 53.3 Å². The number of rotatable bonds is 5. The molecule has 0 atom stereocenters. The van der Waals surface area contributed by atoms with Crippen LogP contribution in [0.4, 0.5) is 0 Å². The van der Waals surface area contributed by atoms with E-state index in [2.05, 4.69) is 168 Å². The van der Waals surface area contributed by atoms with Crippen LogP contribution in [0.2, 0.25) is 0 Å². The van der Waals surface area contributed by atoms with E-state index in [1.165, 1.54) is 47.6 Å². The molecule has 0 bridgehead atoms. The molecule has 0 amide bonds. The van der Waals surface area contributed by atoms with E-state index in [0.717, 1.165) is 39.3 Å². The molecule has 0 spiro atoms. The highest BCUT2D eigenvalue weighted by Crippen LogP contribution is 2.48. The van der Waals surface area contributed by atoms with E-state index in [1.54, 1.807) is 0 Å². The number of fused-ring (bicyclic) bond motifs is 7. The van der Waals surface area contributed by atoms with Gasteiger partial charge in [-0.15, -0.1) is 11.3 Å². The van der Waals surface area contributed by atoms with Crippen molar-refractivity contribution in [3.63, 3.8) is 0 Å². The number of hydrogen-bond acceptors (Lipinski definition) is 3. The van der Waals surface area contributed by atoms with Crippen molar-refractivity contribution in [1.82, 2.24) is 14.5 Å². The van der Waals surface area contributed by atoms with Gasteiger partial charge in [0.2, 0.25) is 0 Å². The zero-order valence-corrected chi connectivity index (χ0v) is 27.8. The number of benzene rings is 7. The van der Waals surface area contributed by atoms with Crippen LogP contribution in [-0.2, 0) is 0 Å². The van der Waals surface area contributed by atoms with Crippen molar-refractivity contribution in [2.45, 2.75) is 0 Å². The highest BCUT2D eigenvalue weighted by Gasteiger charge is 2.22. The van der Waals surface area contributed by atoms with Gasteiger partial charge in [0.05, 0.1) is 22.4 Å². The van der Waals surface area contributed by atoms with Crippen LogP contribution < -0.4 is 0 Å². The minimum atomic E-state index is 0.709. The molecule has 0 saturated heterocycles. The Morgan fingerprint density at radius 3 is 1.66 bits per heavy atom. The lowest BCUT2D eigenvalue weighted by Crippen LogP contribution is -1.96. The van der Waals surface area contributed by atoms with Crippen molar-refractivity contribution in [2.24, 2.45) is 0 Å². The van der Waals surface area contributed by atoms with Gasteiger partial charge < -0.3 is 4.57 Å². The summed E-state index contributed by atoms with van der Waals surface area (Å²) in [6.07, 6.45) is 0. The fourth-order valence-electron chi connectivity index (χ4n) is 7.31. The van der Waals surface area contributed by atoms with E-state index in [4.69, 9.17) is 9.97 Å². The molecular weight excluding hydrogens is 627 g/mol. The Bertz CT molecular complexity index is 2780. The van der Waals surface area contributed by atoms with Gasteiger partial charge in [0.1, 0.15) is 0 Å². The number of aromatic nitrogens is 3. The molecule has 4 heteroatoms. The van der Waals surface area contributed by atoms with Crippen LogP contribution in [0.1, 0.15) is 0 Å². The van der Waals surface area contributed by atoms with Crippen LogP contribution in [0.25, 0.3) is 92.7 Å². The normalized spacial score (nSPS) is 11.6. The summed E-state index contributed by atoms with van der Waals surface area (Å²) in [7, 11) is 0. The molecule has 0 radical (unpaired) electrons. The van der Waals surface area contributed by atoms with E-state index >= 15 is 0 Å². The van der Waals surface area contributed by atoms with Gasteiger partial charge in [-0.25, -0.2) is 9.97 Å². The number of nitrogens with zero attached hydrogens (tertiary/aromatic N) is 3. The van der Waals surface area contributed by atoms with Crippen molar-refractivity contribution in [3.05, 3.63) is 176 Å². The van der Waals surface area contributed by atoms with Crippen molar-refractivity contribution in [3.8, 4) is 50.7 Å². The maximum Gasteiger partial charge on any atom is 0.160 e. The lowest BCUT2D eigenvalue weighted by molar-refractivity contribution is 1.17. The molecule has 0 fully saturated rings. The summed E-state index contributed by atoms with van der Waals surface area (Å²) >= 11 is 1.88. The average molecular weight is 656 g/mol. The molecule has 234 valence electrons. The van der Waals surface area contributed by atoms with Gasteiger partial charge in [-0.1, -0.05) is 127 Å². The third-order valence-corrected chi connectivity index (χ3v) is 10.8. The van der Waals surface area contributed by atoms with E-state index in [1.807, 2.05) is 23.5 Å². The molecule has 7 aromatic carbocycles. The summed E-state index contributed by atoms with van der Waals surface area (Å²) in [5, 5.41) is 5.03. The Balaban J connectivity index is 1.31. The minimum Gasteiger partial charge on any atom is -0.309 e. The monoisotopic (exact) mass is 655 g/mol. The average Bonchev–Trinajstić information content (AvgIpc) is 3.74. The molecule has 10 rings (SSSR count). The van der Waals surface area contributed by atoms with E-state index < -0.39 is 0 Å². The molecule has 0 unspecified atom stereocenters. The first kappa shape index (κ1) is 28.6. The maximum atomic E-state index is 5.19. The highest BCUT2D eigenvalue weighted by atomic mass is 32.1. The van der Waals surface area contributed by atoms with Gasteiger partial charge in [-0.05, 0) is 59.7 Å². The SMILES string of the molecule is c1ccc(-c2cc(-c3ccccc3)nc(-c3ccc4c(c3)c3c5sc6ccccc6c5c(-c5ccccc5)cc3n4-c3ccccc3)n2)cc1. The molecule has 0 aliphatic rings. The Labute approximate surface area is 293 Å². The van der Waals surface area contributed by atoms with E-state index in [9.17, 15) is 0 Å². The van der Waals surface area contributed by atoms with Gasteiger partial charge in [0.25, 0.3) is 0 Å². The van der Waals surface area contributed by atoms with E-state index in [-0.39, 0.29) is 0 Å². The van der Waals surface area contributed by atoms with Crippen molar-refractivity contribution in [1.29, 1.82) is 0 Å². The Morgan fingerprint density at radius 2 is 1.00 bits per heavy atom. The second-order valence-electron chi connectivity index (χ2n) is 12.6. The zero-order valence-electron chi connectivity index (χ0n) is 27.0. The summed E-state index contributed by atoms with van der Waals surface area (Å²) in [4.78, 5) is 10.4. The largest absolute Gasteiger partial charge is 0.309 e. The lowest BCUT2D eigenvalue weighted by Gasteiger charge is -2.11. The summed E-state index contributed by atoms with van der Waals surface area (Å²) in [6.45, 7) is 0. The molecule has 0 saturated carbocycles. The molecule has 50 heavy (non-hydrogen) atoms. The Morgan fingerprint density at radius 1 is 0.420 bits per heavy atom. The van der Waals surface area contributed by atoms with Crippen LogP contribution >= 0.6 is 11.3 Å². The number of para-hydroxylation sites is 1. The van der Waals surface area contributed by atoms with Crippen LogP contribution in [0.3, 0.4) is 0 Å². The zero-order chi connectivity index (χ0) is 33.0. The molecule has 3 heterocycles. The number of thiophene rings is 1. The first-order valence-electron chi connectivity index (χ1n) is 16.8. The molecular formula is C46H29N3S. The van der Waals surface area contributed by atoms with Crippen LogP contribution in [0, 0.1) is 0 Å². The summed E-state index contributed by atoms with van der Waals surface area (Å²) < 4.78 is 5.00. The summed E-state index contributed by atoms with van der Waals surface area (Å²) in [5.41, 5.74) is 10.9. The third-order valence-electron chi connectivity index (χ3n) is 9.60. The third kappa shape index (κ3) is 4.65. The Kier molecular flexibility index (Phi) is 6.68. The topological polar surface area (TPSA) is 30.7 Å². The smallest absolute Gasteiger partial charge is 0.160 e. The fraction of sp³-hybridized carbons (Fsp3) is 0. The van der Waals surface area contributed by atoms with Crippen molar-refractivity contribution < 1.29 is 0 Å². The summed E-state index contributed by atoms with van der Waals surface area (Å²) in [6, 6.07) is 62.3. The fourth-order valence-corrected chi connectivity index (χ4v) is 8.60. The Hall–Kier alpha value is -6.36. The lowest BCUT2D eigenvalue weighted by atomic mass is 9.97.